The van der Waals surface area contributed by atoms with Crippen molar-refractivity contribution < 1.29 is 58.4 Å². The molecule has 4 aliphatic rings. The zero-order chi connectivity index (χ0) is 37.0. The quantitative estimate of drug-likeness (QED) is 0.298. The van der Waals surface area contributed by atoms with Gasteiger partial charge in [-0.1, -0.05) is 20.8 Å². The number of ketones is 1. The molecule has 4 N–H and O–H groups in total. The second-order valence-electron chi connectivity index (χ2n) is 16.0. The van der Waals surface area contributed by atoms with Gasteiger partial charge in [0.15, 0.2) is 12.6 Å². The lowest BCUT2D eigenvalue weighted by Crippen LogP contribution is -2.60. The van der Waals surface area contributed by atoms with E-state index in [1.807, 2.05) is 39.8 Å². The zero-order valence-electron chi connectivity index (χ0n) is 31.3. The van der Waals surface area contributed by atoms with Crippen molar-refractivity contribution in [3.8, 4) is 0 Å². The van der Waals surface area contributed by atoms with Gasteiger partial charge < -0.3 is 53.7 Å². The molecule has 13 heteroatoms. The fraction of sp³-hybridized carbons (Fsp3) is 0.889. The summed E-state index contributed by atoms with van der Waals surface area (Å²) in [5, 5.41) is 45.5. The number of aliphatic hydroxyl groups excluding tert-OH is 2. The standard InChI is InChI=1S/C36H61NO12/c1-13-24-36(10)29(39)19(4)27(49-36)17(2)15-35(9,43)31(48-33-26(38)23(37(11)12)14-18(3)44-33)20(5)28(21(6)32(41)46-24)47-25-16-34(8,42)30(40)22(7)45-25/h17-18,20-26,28,30-31,33,38,40,42-43H,13-16H2,1-12H3. The SMILES string of the molecule is CCC1OC(=O)C(C)C(OC2CC(C)(O)C(O)C(C)O2)C(C)C(OC2OC(C)CC(N(C)C)C2O)C(C)(O)CC(C)C2=C(C)C(=O)C1(C)O2. The summed E-state index contributed by atoms with van der Waals surface area (Å²) in [7, 11) is 3.74. The van der Waals surface area contributed by atoms with Gasteiger partial charge in [-0.15, -0.1) is 0 Å². The summed E-state index contributed by atoms with van der Waals surface area (Å²) in [6.45, 7) is 17.0. The van der Waals surface area contributed by atoms with Crippen molar-refractivity contribution >= 4 is 11.8 Å². The number of cyclic esters (lactones) is 1. The van der Waals surface area contributed by atoms with Gasteiger partial charge in [0, 0.05) is 29.9 Å². The van der Waals surface area contributed by atoms with E-state index in [4.69, 9.17) is 28.4 Å². The smallest absolute Gasteiger partial charge is 0.311 e. The van der Waals surface area contributed by atoms with Gasteiger partial charge in [0.2, 0.25) is 11.4 Å². The van der Waals surface area contributed by atoms with Crippen LogP contribution in [0.1, 0.15) is 94.9 Å². The number of Topliss-reactive ketones (excluding diaryl/α,β-unsaturated/α-hetero) is 1. The van der Waals surface area contributed by atoms with Crippen molar-refractivity contribution in [2.24, 2.45) is 17.8 Å². The molecule has 3 fully saturated rings. The van der Waals surface area contributed by atoms with Crippen LogP contribution in [0.3, 0.4) is 0 Å². The van der Waals surface area contributed by atoms with Crippen LogP contribution in [0.5, 0.6) is 0 Å². The number of fused-ring (bicyclic) bond motifs is 2. The number of esters is 1. The molecule has 49 heavy (non-hydrogen) atoms. The molecular weight excluding hydrogens is 638 g/mol. The lowest BCUT2D eigenvalue weighted by atomic mass is 9.77. The van der Waals surface area contributed by atoms with Crippen molar-refractivity contribution in [3.63, 3.8) is 0 Å². The first-order chi connectivity index (χ1) is 22.5. The Morgan fingerprint density at radius 2 is 1.57 bits per heavy atom. The lowest BCUT2D eigenvalue weighted by Gasteiger charge is -2.48. The molecule has 0 aromatic rings. The fourth-order valence-electron chi connectivity index (χ4n) is 8.40. The number of hydrogen-bond acceptors (Lipinski definition) is 13. The molecule has 4 rings (SSSR count). The predicted molar refractivity (Wildman–Crippen MR) is 178 cm³/mol. The van der Waals surface area contributed by atoms with Crippen molar-refractivity contribution in [2.75, 3.05) is 14.1 Å². The molecule has 0 saturated carbocycles. The molecule has 0 aliphatic carbocycles. The van der Waals surface area contributed by atoms with Gasteiger partial charge in [-0.25, -0.2) is 0 Å². The summed E-state index contributed by atoms with van der Waals surface area (Å²) in [6, 6.07) is -0.288. The van der Waals surface area contributed by atoms with E-state index >= 15 is 0 Å². The summed E-state index contributed by atoms with van der Waals surface area (Å²) in [5.74, 6) is -2.77. The average molecular weight is 700 g/mol. The van der Waals surface area contributed by atoms with Gasteiger partial charge in [-0.05, 0) is 81.8 Å². The third kappa shape index (κ3) is 7.90. The molecule has 3 saturated heterocycles. The van der Waals surface area contributed by atoms with Gasteiger partial charge >= 0.3 is 5.97 Å². The number of likely N-dealkylation sites (N-methyl/N-ethyl adjacent to an activating group) is 1. The van der Waals surface area contributed by atoms with E-state index in [1.165, 1.54) is 6.92 Å². The van der Waals surface area contributed by atoms with Crippen molar-refractivity contribution in [1.29, 1.82) is 0 Å². The van der Waals surface area contributed by atoms with E-state index in [9.17, 15) is 30.0 Å². The Balaban J connectivity index is 1.82. The largest absolute Gasteiger partial charge is 0.479 e. The van der Waals surface area contributed by atoms with Gasteiger partial charge in [0.25, 0.3) is 0 Å². The maximum absolute atomic E-state index is 14.1. The van der Waals surface area contributed by atoms with Gasteiger partial charge in [0.05, 0.1) is 41.5 Å². The first-order valence-corrected chi connectivity index (χ1v) is 17.8. The van der Waals surface area contributed by atoms with Crippen LogP contribution in [0.15, 0.2) is 11.3 Å². The summed E-state index contributed by atoms with van der Waals surface area (Å²) in [4.78, 5) is 29.7. The molecule has 16 atom stereocenters. The minimum Gasteiger partial charge on any atom is -0.479 e. The molecular formula is C36H61NO12. The second-order valence-corrected chi connectivity index (χ2v) is 16.0. The van der Waals surface area contributed by atoms with E-state index in [0.717, 1.165) is 0 Å². The van der Waals surface area contributed by atoms with Crippen LogP contribution in [0, 0.1) is 17.8 Å². The Morgan fingerprint density at radius 3 is 2.14 bits per heavy atom. The molecule has 16 unspecified atom stereocenters. The Kier molecular flexibility index (Phi) is 12.1. The monoisotopic (exact) mass is 699 g/mol. The van der Waals surface area contributed by atoms with Gasteiger partial charge in [0.1, 0.15) is 24.1 Å². The van der Waals surface area contributed by atoms with E-state index in [1.54, 1.807) is 41.5 Å². The normalized spacial score (nSPS) is 48.8. The predicted octanol–water partition coefficient (Wildman–Crippen LogP) is 2.45. The summed E-state index contributed by atoms with van der Waals surface area (Å²) >= 11 is 0. The molecule has 0 aromatic carbocycles. The highest BCUT2D eigenvalue weighted by Gasteiger charge is 2.56. The third-order valence-corrected chi connectivity index (χ3v) is 11.3. The molecule has 282 valence electrons. The number of ether oxygens (including phenoxy) is 6. The maximum Gasteiger partial charge on any atom is 0.311 e. The Labute approximate surface area is 291 Å². The van der Waals surface area contributed by atoms with Crippen LogP contribution in [0.25, 0.3) is 0 Å². The number of carbonyl (C=O) groups is 2. The maximum atomic E-state index is 14.1. The highest BCUT2D eigenvalue weighted by molar-refractivity contribution is 6.04. The first kappa shape index (κ1) is 40.1. The second kappa shape index (κ2) is 14.7. The number of allylic oxidation sites excluding steroid dienone is 1. The van der Waals surface area contributed by atoms with Crippen LogP contribution >= 0.6 is 0 Å². The van der Waals surface area contributed by atoms with Crippen LogP contribution in [-0.4, -0.2) is 129 Å². The summed E-state index contributed by atoms with van der Waals surface area (Å²) in [5.41, 5.74) is -4.26. The molecule has 0 aromatic heterocycles. The molecule has 0 amide bonds. The number of rotatable bonds is 6. The highest BCUT2D eigenvalue weighted by atomic mass is 16.7. The Morgan fingerprint density at radius 1 is 0.939 bits per heavy atom. The van der Waals surface area contributed by atoms with Crippen LogP contribution in [0.2, 0.25) is 0 Å². The molecule has 2 bridgehead atoms. The van der Waals surface area contributed by atoms with E-state index in [-0.39, 0.29) is 30.8 Å². The van der Waals surface area contributed by atoms with E-state index in [0.29, 0.717) is 24.2 Å². The lowest BCUT2D eigenvalue weighted by molar-refractivity contribution is -0.316. The summed E-state index contributed by atoms with van der Waals surface area (Å²) in [6.07, 6.45) is -7.68. The minimum atomic E-state index is -1.65. The van der Waals surface area contributed by atoms with Gasteiger partial charge in [-0.3, -0.25) is 9.59 Å². The van der Waals surface area contributed by atoms with Crippen molar-refractivity contribution in [3.05, 3.63) is 11.3 Å². The molecule has 13 nitrogen and oxygen atoms in total. The van der Waals surface area contributed by atoms with Crippen LogP contribution < -0.4 is 0 Å². The molecule has 4 aliphatic heterocycles. The Hall–Kier alpha value is -1.68. The number of carbonyl (C=O) groups excluding carboxylic acids is 2. The van der Waals surface area contributed by atoms with Crippen molar-refractivity contribution in [1.82, 2.24) is 4.90 Å². The molecule has 4 heterocycles. The number of aliphatic hydroxyl groups is 4. The van der Waals surface area contributed by atoms with E-state index < -0.39 is 89.7 Å². The first-order valence-electron chi connectivity index (χ1n) is 17.8. The number of hydrogen-bond donors (Lipinski definition) is 4. The van der Waals surface area contributed by atoms with Crippen molar-refractivity contribution in [2.45, 2.75) is 173 Å². The van der Waals surface area contributed by atoms with Crippen LogP contribution in [-0.2, 0) is 38.0 Å². The number of nitrogens with zero attached hydrogens (tertiary/aromatic N) is 1. The van der Waals surface area contributed by atoms with Crippen LogP contribution in [0.4, 0.5) is 0 Å². The van der Waals surface area contributed by atoms with Gasteiger partial charge in [-0.2, -0.15) is 0 Å². The molecule has 0 spiro atoms. The average Bonchev–Trinajstić information content (AvgIpc) is 3.24. The zero-order valence-corrected chi connectivity index (χ0v) is 31.3. The molecule has 0 radical (unpaired) electrons. The fourth-order valence-corrected chi connectivity index (χ4v) is 8.40. The highest BCUT2D eigenvalue weighted by Crippen LogP contribution is 2.44. The topological polar surface area (TPSA) is 174 Å². The summed E-state index contributed by atoms with van der Waals surface area (Å²) < 4.78 is 37.8. The van der Waals surface area contributed by atoms with E-state index in [2.05, 4.69) is 0 Å². The Bertz CT molecular complexity index is 1240. The minimum absolute atomic E-state index is 0.0814. The third-order valence-electron chi connectivity index (χ3n) is 11.3.